The van der Waals surface area contributed by atoms with Crippen molar-refractivity contribution in [3.05, 3.63) is 65.2 Å². The fourth-order valence-corrected chi connectivity index (χ4v) is 3.66. The fourth-order valence-electron chi connectivity index (χ4n) is 2.58. The normalized spacial score (nSPS) is 11.2. The summed E-state index contributed by atoms with van der Waals surface area (Å²) in [4.78, 5) is 25.3. The molecule has 1 amide bonds. The van der Waals surface area contributed by atoms with Gasteiger partial charge in [-0.15, -0.1) is 0 Å². The number of nitrogens with one attached hydrogen (secondary N) is 1. The molecule has 0 radical (unpaired) electrons. The zero-order valence-corrected chi connectivity index (χ0v) is 16.5. The summed E-state index contributed by atoms with van der Waals surface area (Å²) in [6, 6.07) is 13.6. The summed E-state index contributed by atoms with van der Waals surface area (Å²) in [5.41, 5.74) is 2.48. The first kappa shape index (κ1) is 20.8. The van der Waals surface area contributed by atoms with Crippen LogP contribution in [-0.4, -0.2) is 38.6 Å². The van der Waals surface area contributed by atoms with Crippen LogP contribution in [0.25, 0.3) is 0 Å². The molecule has 0 aliphatic carbocycles. The molecular weight excluding hydrogens is 364 g/mol. The van der Waals surface area contributed by atoms with Crippen molar-refractivity contribution in [2.24, 2.45) is 0 Å². The Labute approximate surface area is 160 Å². The van der Waals surface area contributed by atoms with Gasteiger partial charge >= 0.3 is 0 Å². The van der Waals surface area contributed by atoms with E-state index in [0.29, 0.717) is 12.1 Å². The first-order chi connectivity index (χ1) is 12.7. The van der Waals surface area contributed by atoms with Crippen LogP contribution in [0.15, 0.2) is 53.4 Å². The second-order valence-electron chi connectivity index (χ2n) is 6.41. The molecule has 0 heterocycles. The highest BCUT2D eigenvalue weighted by atomic mass is 32.2. The van der Waals surface area contributed by atoms with Gasteiger partial charge in [-0.3, -0.25) is 9.59 Å². The van der Waals surface area contributed by atoms with Gasteiger partial charge in [-0.1, -0.05) is 36.4 Å². The van der Waals surface area contributed by atoms with E-state index in [-0.39, 0.29) is 29.6 Å². The fraction of sp³-hybridized carbons (Fsp3) is 0.300. The summed E-state index contributed by atoms with van der Waals surface area (Å²) in [5.74, 6) is -0.363. The predicted molar refractivity (Wildman–Crippen MR) is 104 cm³/mol. The number of benzene rings is 2. The van der Waals surface area contributed by atoms with Gasteiger partial charge in [0.15, 0.2) is 5.78 Å². The molecule has 2 aromatic rings. The van der Waals surface area contributed by atoms with Crippen LogP contribution in [0, 0.1) is 6.92 Å². The number of hydrogen-bond donors (Lipinski definition) is 1. The SMILES string of the molecule is CC(=O)c1cccc(S(=O)(=O)NCCC(=O)N(C)Cc2ccccc2C)c1. The Morgan fingerprint density at radius 2 is 1.78 bits per heavy atom. The van der Waals surface area contributed by atoms with Crippen LogP contribution < -0.4 is 4.72 Å². The van der Waals surface area contributed by atoms with Crippen LogP contribution in [0.2, 0.25) is 0 Å². The van der Waals surface area contributed by atoms with E-state index in [9.17, 15) is 18.0 Å². The van der Waals surface area contributed by atoms with Crippen molar-refractivity contribution in [3.63, 3.8) is 0 Å². The average molecular weight is 388 g/mol. The Balaban J connectivity index is 1.92. The van der Waals surface area contributed by atoms with Crippen molar-refractivity contribution in [1.29, 1.82) is 0 Å². The lowest BCUT2D eigenvalue weighted by Gasteiger charge is -2.18. The molecule has 0 saturated heterocycles. The van der Waals surface area contributed by atoms with E-state index >= 15 is 0 Å². The predicted octanol–water partition coefficient (Wildman–Crippen LogP) is 2.52. The number of ketones is 1. The number of sulfonamides is 1. The Hall–Kier alpha value is -2.51. The summed E-state index contributed by atoms with van der Waals surface area (Å²) < 4.78 is 27.1. The molecule has 0 spiro atoms. The Morgan fingerprint density at radius 1 is 1.07 bits per heavy atom. The van der Waals surface area contributed by atoms with Crippen molar-refractivity contribution in [1.82, 2.24) is 9.62 Å². The molecule has 2 aromatic carbocycles. The first-order valence-electron chi connectivity index (χ1n) is 8.60. The van der Waals surface area contributed by atoms with Crippen molar-refractivity contribution in [2.75, 3.05) is 13.6 Å². The zero-order chi connectivity index (χ0) is 20.0. The van der Waals surface area contributed by atoms with E-state index in [1.54, 1.807) is 18.0 Å². The maximum atomic E-state index is 12.3. The molecular formula is C20H24N2O4S. The Kier molecular flexibility index (Phi) is 6.87. The zero-order valence-electron chi connectivity index (χ0n) is 15.7. The van der Waals surface area contributed by atoms with Gasteiger partial charge in [0, 0.05) is 32.1 Å². The van der Waals surface area contributed by atoms with Crippen LogP contribution in [0.5, 0.6) is 0 Å². The molecule has 0 saturated carbocycles. The van der Waals surface area contributed by atoms with Crippen LogP contribution in [0.1, 0.15) is 34.8 Å². The van der Waals surface area contributed by atoms with E-state index in [4.69, 9.17) is 0 Å². The van der Waals surface area contributed by atoms with Crippen LogP contribution in [0.3, 0.4) is 0 Å². The standard InChI is InChI=1S/C20H24N2O4S/c1-15-7-4-5-8-18(15)14-22(3)20(24)11-12-21-27(25,26)19-10-6-9-17(13-19)16(2)23/h4-10,13,21H,11-12,14H2,1-3H3. The number of amides is 1. The third-order valence-corrected chi connectivity index (χ3v) is 5.74. The second-order valence-corrected chi connectivity index (χ2v) is 8.18. The van der Waals surface area contributed by atoms with Crippen LogP contribution in [0.4, 0.5) is 0 Å². The summed E-state index contributed by atoms with van der Waals surface area (Å²) in [6.07, 6.45) is 0.0496. The minimum Gasteiger partial charge on any atom is -0.341 e. The molecule has 2 rings (SSSR count). The highest BCUT2D eigenvalue weighted by Crippen LogP contribution is 2.13. The van der Waals surface area contributed by atoms with E-state index < -0.39 is 10.0 Å². The van der Waals surface area contributed by atoms with Crippen molar-refractivity contribution in [3.8, 4) is 0 Å². The summed E-state index contributed by atoms with van der Waals surface area (Å²) in [5, 5.41) is 0. The maximum absolute atomic E-state index is 12.3. The first-order valence-corrected chi connectivity index (χ1v) is 10.1. The molecule has 6 nitrogen and oxygen atoms in total. The number of Topliss-reactive ketones (excluding diaryl/α,β-unsaturated/α-hetero) is 1. The molecule has 0 unspecified atom stereocenters. The topological polar surface area (TPSA) is 83.5 Å². The van der Waals surface area contributed by atoms with Gasteiger partial charge in [-0.05, 0) is 37.1 Å². The number of aryl methyl sites for hydroxylation is 1. The maximum Gasteiger partial charge on any atom is 0.240 e. The lowest BCUT2D eigenvalue weighted by Crippen LogP contribution is -2.32. The van der Waals surface area contributed by atoms with Crippen molar-refractivity contribution >= 4 is 21.7 Å². The van der Waals surface area contributed by atoms with Crippen LogP contribution >= 0.6 is 0 Å². The van der Waals surface area contributed by atoms with Gasteiger partial charge in [0.2, 0.25) is 15.9 Å². The van der Waals surface area contributed by atoms with Crippen molar-refractivity contribution < 1.29 is 18.0 Å². The third-order valence-electron chi connectivity index (χ3n) is 4.28. The van der Waals surface area contributed by atoms with Crippen LogP contribution in [-0.2, 0) is 21.4 Å². The Bertz CT molecular complexity index is 939. The summed E-state index contributed by atoms with van der Waals surface area (Å²) in [7, 11) is -2.08. The minimum absolute atomic E-state index is 0.0101. The van der Waals surface area contributed by atoms with Crippen molar-refractivity contribution in [2.45, 2.75) is 31.7 Å². The molecule has 27 heavy (non-hydrogen) atoms. The van der Waals surface area contributed by atoms with Gasteiger partial charge in [-0.2, -0.15) is 0 Å². The highest BCUT2D eigenvalue weighted by Gasteiger charge is 2.17. The molecule has 0 aromatic heterocycles. The molecule has 0 aliphatic heterocycles. The number of carbonyl (C=O) groups excluding carboxylic acids is 2. The summed E-state index contributed by atoms with van der Waals surface area (Å²) >= 11 is 0. The van der Waals surface area contributed by atoms with E-state index in [0.717, 1.165) is 11.1 Å². The van der Waals surface area contributed by atoms with Gasteiger partial charge in [0.25, 0.3) is 0 Å². The number of hydrogen-bond acceptors (Lipinski definition) is 4. The second kappa shape index (κ2) is 8.92. The average Bonchev–Trinajstić information content (AvgIpc) is 2.63. The monoisotopic (exact) mass is 388 g/mol. The molecule has 7 heteroatoms. The Morgan fingerprint density at radius 3 is 2.44 bits per heavy atom. The molecule has 0 atom stereocenters. The molecule has 0 aliphatic rings. The largest absolute Gasteiger partial charge is 0.341 e. The van der Waals surface area contributed by atoms with Gasteiger partial charge in [-0.25, -0.2) is 13.1 Å². The van der Waals surface area contributed by atoms with E-state index in [1.807, 2.05) is 31.2 Å². The number of nitrogens with zero attached hydrogens (tertiary/aromatic N) is 1. The molecule has 0 bridgehead atoms. The van der Waals surface area contributed by atoms with Gasteiger partial charge in [0.1, 0.15) is 0 Å². The minimum atomic E-state index is -3.78. The molecule has 1 N–H and O–H groups in total. The third kappa shape index (κ3) is 5.74. The molecule has 144 valence electrons. The summed E-state index contributed by atoms with van der Waals surface area (Å²) in [6.45, 7) is 3.82. The number of rotatable bonds is 8. The number of carbonyl (C=O) groups is 2. The van der Waals surface area contributed by atoms with E-state index in [1.165, 1.54) is 25.1 Å². The lowest BCUT2D eigenvalue weighted by molar-refractivity contribution is -0.130. The lowest BCUT2D eigenvalue weighted by atomic mass is 10.1. The quantitative estimate of drug-likeness (QED) is 0.705. The van der Waals surface area contributed by atoms with Gasteiger partial charge in [0.05, 0.1) is 4.90 Å². The van der Waals surface area contributed by atoms with Gasteiger partial charge < -0.3 is 4.90 Å². The van der Waals surface area contributed by atoms with E-state index in [2.05, 4.69) is 4.72 Å². The molecule has 0 fully saturated rings. The highest BCUT2D eigenvalue weighted by molar-refractivity contribution is 7.89. The smallest absolute Gasteiger partial charge is 0.240 e.